The summed E-state index contributed by atoms with van der Waals surface area (Å²) in [6.45, 7) is 1.86. The van der Waals surface area contributed by atoms with Crippen LogP contribution < -0.4 is 0 Å². The topological polar surface area (TPSA) is 63.4 Å². The predicted octanol–water partition coefficient (Wildman–Crippen LogP) is 1.77. The molecule has 5 nitrogen and oxygen atoms in total. The first kappa shape index (κ1) is 12.3. The second-order valence-corrected chi connectivity index (χ2v) is 4.28. The third-order valence-electron chi connectivity index (χ3n) is 2.64. The van der Waals surface area contributed by atoms with Crippen LogP contribution in [-0.2, 0) is 16.1 Å². The summed E-state index contributed by atoms with van der Waals surface area (Å²) in [6, 6.07) is 5.58. The van der Waals surface area contributed by atoms with Crippen molar-refractivity contribution >= 4 is 22.8 Å². The molecule has 0 saturated carbocycles. The van der Waals surface area contributed by atoms with Crippen LogP contribution in [0, 0.1) is 0 Å². The molecule has 0 N–H and O–H groups in total. The summed E-state index contributed by atoms with van der Waals surface area (Å²) in [7, 11) is 1.68. The van der Waals surface area contributed by atoms with Crippen LogP contribution in [-0.4, -0.2) is 28.6 Å². The van der Waals surface area contributed by atoms with Gasteiger partial charge in [0.05, 0.1) is 6.42 Å². The highest BCUT2D eigenvalue weighted by molar-refractivity contribution is 5.96. The lowest BCUT2D eigenvalue weighted by Gasteiger charge is -2.16. The molecule has 0 spiro atoms. The number of carbonyl (C=O) groups is 2. The van der Waals surface area contributed by atoms with Gasteiger partial charge < -0.3 is 9.32 Å². The van der Waals surface area contributed by atoms with Gasteiger partial charge in [-0.3, -0.25) is 9.59 Å². The Labute approximate surface area is 104 Å². The van der Waals surface area contributed by atoms with E-state index in [1.165, 1.54) is 18.2 Å². The average molecular weight is 246 g/mol. The Hall–Kier alpha value is -2.17. The van der Waals surface area contributed by atoms with Gasteiger partial charge >= 0.3 is 0 Å². The first-order valence-corrected chi connectivity index (χ1v) is 5.62. The number of amides is 1. The quantitative estimate of drug-likeness (QED) is 0.771. The molecule has 5 heteroatoms. The molecule has 18 heavy (non-hydrogen) atoms. The van der Waals surface area contributed by atoms with E-state index in [1.807, 2.05) is 18.2 Å². The first-order valence-electron chi connectivity index (χ1n) is 5.62. The molecular formula is C13H14N2O3. The number of rotatable bonds is 4. The van der Waals surface area contributed by atoms with Gasteiger partial charge in [0.15, 0.2) is 12.0 Å². The van der Waals surface area contributed by atoms with E-state index < -0.39 is 0 Å². The molecule has 0 aliphatic carbocycles. The Morgan fingerprint density at radius 2 is 2.17 bits per heavy atom. The van der Waals surface area contributed by atoms with Gasteiger partial charge in [-0.2, -0.15) is 0 Å². The summed E-state index contributed by atoms with van der Waals surface area (Å²) >= 11 is 0. The molecule has 1 heterocycles. The molecule has 0 bridgehead atoms. The van der Waals surface area contributed by atoms with E-state index in [0.717, 1.165) is 11.1 Å². The van der Waals surface area contributed by atoms with Crippen LogP contribution in [0.15, 0.2) is 29.0 Å². The van der Waals surface area contributed by atoms with Crippen molar-refractivity contribution in [2.24, 2.45) is 0 Å². The Bertz CT molecular complexity index is 589. The second-order valence-electron chi connectivity index (χ2n) is 4.28. The van der Waals surface area contributed by atoms with Gasteiger partial charge in [0.25, 0.3) is 0 Å². The lowest BCUT2D eigenvalue weighted by molar-refractivity contribution is -0.134. The molecule has 1 aromatic carbocycles. The van der Waals surface area contributed by atoms with E-state index in [1.54, 1.807) is 7.05 Å². The molecule has 2 aromatic rings. The zero-order valence-electron chi connectivity index (χ0n) is 10.3. The molecule has 0 atom stereocenters. The Kier molecular flexibility index (Phi) is 3.41. The molecule has 2 rings (SSSR count). The van der Waals surface area contributed by atoms with Crippen molar-refractivity contribution in [2.45, 2.75) is 19.9 Å². The van der Waals surface area contributed by atoms with E-state index >= 15 is 0 Å². The number of fused-ring (bicyclic) bond motifs is 1. The fourth-order valence-electron chi connectivity index (χ4n) is 1.71. The molecule has 0 saturated heterocycles. The molecule has 0 aliphatic rings. The maximum absolute atomic E-state index is 11.6. The summed E-state index contributed by atoms with van der Waals surface area (Å²) in [5.74, 6) is -0.308. The van der Waals surface area contributed by atoms with Gasteiger partial charge in [-0.25, -0.2) is 4.98 Å². The van der Waals surface area contributed by atoms with Gasteiger partial charge in [0.2, 0.25) is 5.91 Å². The highest BCUT2D eigenvalue weighted by Crippen LogP contribution is 2.15. The van der Waals surface area contributed by atoms with Crippen molar-refractivity contribution < 1.29 is 14.0 Å². The van der Waals surface area contributed by atoms with Crippen molar-refractivity contribution in [1.82, 2.24) is 9.88 Å². The smallest absolute Gasteiger partial charge is 0.230 e. The van der Waals surface area contributed by atoms with E-state index in [2.05, 4.69) is 4.98 Å². The number of Topliss-reactive ketones (excluding diaryl/α,β-unsaturated/α-hetero) is 1. The third-order valence-corrected chi connectivity index (χ3v) is 2.64. The Morgan fingerprint density at radius 1 is 1.39 bits per heavy atom. The number of oxazole rings is 1. The molecule has 0 unspecified atom stereocenters. The minimum absolute atomic E-state index is 0.0545. The standard InChI is InChI=1S/C13H14N2O3/c1-9(16)5-13(17)15(2)7-10-3-4-11-12(6-10)18-8-14-11/h3-4,6,8H,5,7H2,1-2H3. The Morgan fingerprint density at radius 3 is 2.89 bits per heavy atom. The molecule has 0 aliphatic heterocycles. The first-order chi connectivity index (χ1) is 8.56. The summed E-state index contributed by atoms with van der Waals surface area (Å²) in [4.78, 5) is 28.1. The number of hydrogen-bond donors (Lipinski definition) is 0. The fraction of sp³-hybridized carbons (Fsp3) is 0.308. The maximum Gasteiger partial charge on any atom is 0.230 e. The minimum Gasteiger partial charge on any atom is -0.443 e. The number of carbonyl (C=O) groups excluding carboxylic acids is 2. The summed E-state index contributed by atoms with van der Waals surface area (Å²) in [5.41, 5.74) is 2.43. The lowest BCUT2D eigenvalue weighted by Crippen LogP contribution is -2.27. The number of benzene rings is 1. The number of hydrogen-bond acceptors (Lipinski definition) is 4. The summed E-state index contributed by atoms with van der Waals surface area (Å²) in [6.07, 6.45) is 1.33. The van der Waals surface area contributed by atoms with Crippen molar-refractivity contribution in [3.05, 3.63) is 30.2 Å². The van der Waals surface area contributed by atoms with E-state index in [0.29, 0.717) is 12.1 Å². The van der Waals surface area contributed by atoms with E-state index in [-0.39, 0.29) is 18.1 Å². The zero-order chi connectivity index (χ0) is 13.1. The van der Waals surface area contributed by atoms with E-state index in [4.69, 9.17) is 4.42 Å². The zero-order valence-corrected chi connectivity index (χ0v) is 10.3. The van der Waals surface area contributed by atoms with Crippen LogP contribution in [0.3, 0.4) is 0 Å². The number of ketones is 1. The second kappa shape index (κ2) is 5.00. The predicted molar refractivity (Wildman–Crippen MR) is 65.8 cm³/mol. The highest BCUT2D eigenvalue weighted by Gasteiger charge is 2.12. The van der Waals surface area contributed by atoms with Crippen molar-refractivity contribution in [2.75, 3.05) is 7.05 Å². The van der Waals surface area contributed by atoms with Gasteiger partial charge in [-0.15, -0.1) is 0 Å². The molecule has 0 radical (unpaired) electrons. The van der Waals surface area contributed by atoms with Gasteiger partial charge in [0.1, 0.15) is 11.3 Å². The molecule has 1 aromatic heterocycles. The van der Waals surface area contributed by atoms with Gasteiger partial charge in [-0.05, 0) is 24.6 Å². The fourth-order valence-corrected chi connectivity index (χ4v) is 1.71. The van der Waals surface area contributed by atoms with Crippen LogP contribution in [0.4, 0.5) is 0 Å². The molecule has 94 valence electrons. The van der Waals surface area contributed by atoms with Gasteiger partial charge in [-0.1, -0.05) is 6.07 Å². The molecule has 1 amide bonds. The highest BCUT2D eigenvalue weighted by atomic mass is 16.3. The van der Waals surface area contributed by atoms with Crippen LogP contribution in [0.2, 0.25) is 0 Å². The molecule has 0 fully saturated rings. The number of nitrogens with zero attached hydrogens (tertiary/aromatic N) is 2. The van der Waals surface area contributed by atoms with Crippen LogP contribution in [0.5, 0.6) is 0 Å². The normalized spacial score (nSPS) is 10.6. The third kappa shape index (κ3) is 2.74. The molecular weight excluding hydrogens is 232 g/mol. The monoisotopic (exact) mass is 246 g/mol. The average Bonchev–Trinajstić information content (AvgIpc) is 2.75. The van der Waals surface area contributed by atoms with E-state index in [9.17, 15) is 9.59 Å². The maximum atomic E-state index is 11.6. The minimum atomic E-state index is -0.180. The van der Waals surface area contributed by atoms with Crippen molar-refractivity contribution in [1.29, 1.82) is 0 Å². The van der Waals surface area contributed by atoms with Crippen LogP contribution >= 0.6 is 0 Å². The number of aromatic nitrogens is 1. The lowest BCUT2D eigenvalue weighted by atomic mass is 10.2. The van der Waals surface area contributed by atoms with Crippen molar-refractivity contribution in [3.8, 4) is 0 Å². The summed E-state index contributed by atoms with van der Waals surface area (Å²) < 4.78 is 5.20. The van der Waals surface area contributed by atoms with Crippen LogP contribution in [0.1, 0.15) is 18.9 Å². The SMILES string of the molecule is CC(=O)CC(=O)N(C)Cc1ccc2ncoc2c1. The van der Waals surface area contributed by atoms with Gasteiger partial charge in [0, 0.05) is 13.6 Å². The van der Waals surface area contributed by atoms with Crippen molar-refractivity contribution in [3.63, 3.8) is 0 Å². The van der Waals surface area contributed by atoms with Crippen LogP contribution in [0.25, 0.3) is 11.1 Å². The summed E-state index contributed by atoms with van der Waals surface area (Å²) in [5, 5.41) is 0. The Balaban J connectivity index is 2.08. The largest absolute Gasteiger partial charge is 0.443 e.